The van der Waals surface area contributed by atoms with Crippen molar-refractivity contribution < 1.29 is 14.8 Å². The molecule has 1 fully saturated rings. The second kappa shape index (κ2) is 5.05. The lowest BCUT2D eigenvalue weighted by atomic mass is 10.1. The van der Waals surface area contributed by atoms with Gasteiger partial charge in [-0.1, -0.05) is 11.6 Å². The van der Waals surface area contributed by atoms with E-state index in [9.17, 15) is 14.9 Å². The van der Waals surface area contributed by atoms with Crippen molar-refractivity contribution in [3.05, 3.63) is 32.8 Å². The fourth-order valence-electron chi connectivity index (χ4n) is 2.32. The van der Waals surface area contributed by atoms with Crippen LogP contribution in [0, 0.1) is 23.0 Å². The number of carboxylic acids is 1. The molecule has 0 bridgehead atoms. The van der Waals surface area contributed by atoms with E-state index in [1.807, 2.05) is 4.90 Å². The number of carbonyl (C=O) groups is 1. The maximum atomic E-state index is 10.9. The summed E-state index contributed by atoms with van der Waals surface area (Å²) in [6.07, 6.45) is 0.573. The van der Waals surface area contributed by atoms with Crippen LogP contribution in [-0.2, 0) is 4.79 Å². The number of halogens is 1. The fourth-order valence-corrected chi connectivity index (χ4v) is 2.54. The number of anilines is 1. The van der Waals surface area contributed by atoms with Crippen LogP contribution >= 0.6 is 11.6 Å². The highest BCUT2D eigenvalue weighted by Crippen LogP contribution is 2.34. The molecule has 1 N–H and O–H groups in total. The lowest BCUT2D eigenvalue weighted by Crippen LogP contribution is -2.23. The smallest absolute Gasteiger partial charge is 0.308 e. The van der Waals surface area contributed by atoms with Gasteiger partial charge in [0.2, 0.25) is 0 Å². The van der Waals surface area contributed by atoms with Gasteiger partial charge in [0.1, 0.15) is 5.02 Å². The Morgan fingerprint density at radius 2 is 2.26 bits per heavy atom. The van der Waals surface area contributed by atoms with Crippen LogP contribution in [0.25, 0.3) is 0 Å². The number of hydrogen-bond acceptors (Lipinski definition) is 4. The highest BCUT2D eigenvalue weighted by atomic mass is 35.5. The van der Waals surface area contributed by atoms with Gasteiger partial charge >= 0.3 is 5.97 Å². The summed E-state index contributed by atoms with van der Waals surface area (Å²) in [4.78, 5) is 23.1. The van der Waals surface area contributed by atoms with Crippen molar-refractivity contribution in [1.29, 1.82) is 0 Å². The lowest BCUT2D eigenvalue weighted by molar-refractivity contribution is -0.384. The molecule has 1 unspecified atom stereocenters. The average molecular weight is 285 g/mol. The molecule has 1 aromatic rings. The monoisotopic (exact) mass is 284 g/mol. The van der Waals surface area contributed by atoms with Crippen molar-refractivity contribution in [2.75, 3.05) is 18.0 Å². The third kappa shape index (κ3) is 2.63. The number of benzene rings is 1. The second-order valence-corrected chi connectivity index (χ2v) is 5.02. The molecular weight excluding hydrogens is 272 g/mol. The van der Waals surface area contributed by atoms with Gasteiger partial charge in [-0.15, -0.1) is 0 Å². The van der Waals surface area contributed by atoms with Gasteiger partial charge in [0, 0.05) is 24.8 Å². The number of carboxylic acid groups (broad SMARTS) is 1. The third-order valence-electron chi connectivity index (χ3n) is 3.34. The molecule has 0 radical (unpaired) electrons. The van der Waals surface area contributed by atoms with Gasteiger partial charge in [-0.2, -0.15) is 0 Å². The van der Waals surface area contributed by atoms with E-state index in [0.717, 1.165) is 11.3 Å². The van der Waals surface area contributed by atoms with E-state index in [4.69, 9.17) is 16.7 Å². The van der Waals surface area contributed by atoms with E-state index in [0.29, 0.717) is 19.5 Å². The van der Waals surface area contributed by atoms with Crippen LogP contribution in [0.2, 0.25) is 5.02 Å². The maximum Gasteiger partial charge on any atom is 0.308 e. The van der Waals surface area contributed by atoms with Crippen molar-refractivity contribution in [1.82, 2.24) is 0 Å². The van der Waals surface area contributed by atoms with Crippen LogP contribution in [0.15, 0.2) is 12.1 Å². The zero-order chi connectivity index (χ0) is 14.2. The quantitative estimate of drug-likeness (QED) is 0.681. The zero-order valence-corrected chi connectivity index (χ0v) is 11.1. The minimum Gasteiger partial charge on any atom is -0.481 e. The summed E-state index contributed by atoms with van der Waals surface area (Å²) in [7, 11) is 0. The first kappa shape index (κ1) is 13.6. The molecule has 1 aliphatic heterocycles. The highest BCUT2D eigenvalue weighted by Gasteiger charge is 2.29. The van der Waals surface area contributed by atoms with Gasteiger partial charge in [-0.05, 0) is 25.0 Å². The highest BCUT2D eigenvalue weighted by molar-refractivity contribution is 6.33. The molecule has 1 heterocycles. The predicted molar refractivity (Wildman–Crippen MR) is 70.8 cm³/mol. The Morgan fingerprint density at radius 1 is 1.58 bits per heavy atom. The van der Waals surface area contributed by atoms with Crippen LogP contribution in [0.5, 0.6) is 0 Å². The number of rotatable bonds is 3. The Bertz CT molecular complexity index is 547. The van der Waals surface area contributed by atoms with Gasteiger partial charge in [-0.25, -0.2) is 0 Å². The Balaban J connectivity index is 2.29. The van der Waals surface area contributed by atoms with Gasteiger partial charge in [-0.3, -0.25) is 14.9 Å². The Hall–Kier alpha value is -1.82. The summed E-state index contributed by atoms with van der Waals surface area (Å²) < 4.78 is 0. The van der Waals surface area contributed by atoms with E-state index in [1.165, 1.54) is 6.07 Å². The molecule has 1 aromatic carbocycles. The molecule has 1 aliphatic rings. The second-order valence-electron chi connectivity index (χ2n) is 4.62. The van der Waals surface area contributed by atoms with Crippen molar-refractivity contribution in [2.24, 2.45) is 5.92 Å². The largest absolute Gasteiger partial charge is 0.481 e. The molecule has 19 heavy (non-hydrogen) atoms. The standard InChI is InChI=1S/C12H13ClN2O4/c1-7-4-11(15(18)19)9(13)5-10(7)14-3-2-8(6-14)12(16)17/h4-5,8H,2-3,6H2,1H3,(H,16,17). The Labute approximate surface area is 114 Å². The normalized spacial score (nSPS) is 18.6. The van der Waals surface area contributed by atoms with Crippen LogP contribution in [0.4, 0.5) is 11.4 Å². The van der Waals surface area contributed by atoms with Crippen LogP contribution < -0.4 is 4.90 Å². The molecule has 0 spiro atoms. The molecule has 6 nitrogen and oxygen atoms in total. The van der Waals surface area contributed by atoms with E-state index < -0.39 is 16.8 Å². The van der Waals surface area contributed by atoms with Gasteiger partial charge in [0.25, 0.3) is 5.69 Å². The van der Waals surface area contributed by atoms with Crippen molar-refractivity contribution in [2.45, 2.75) is 13.3 Å². The fraction of sp³-hybridized carbons (Fsp3) is 0.417. The van der Waals surface area contributed by atoms with Gasteiger partial charge in [0.15, 0.2) is 0 Å². The molecule has 102 valence electrons. The van der Waals surface area contributed by atoms with Crippen molar-refractivity contribution in [3.63, 3.8) is 0 Å². The van der Waals surface area contributed by atoms with Crippen molar-refractivity contribution in [3.8, 4) is 0 Å². The number of hydrogen-bond donors (Lipinski definition) is 1. The molecule has 0 aliphatic carbocycles. The summed E-state index contributed by atoms with van der Waals surface area (Å²) in [6.45, 7) is 2.78. The molecule has 0 aromatic heterocycles. The lowest BCUT2D eigenvalue weighted by Gasteiger charge is -2.20. The number of aliphatic carboxylic acids is 1. The maximum absolute atomic E-state index is 10.9. The van der Waals surface area contributed by atoms with E-state index >= 15 is 0 Å². The summed E-state index contributed by atoms with van der Waals surface area (Å²) in [5.41, 5.74) is 1.36. The first-order chi connectivity index (χ1) is 8.90. The van der Waals surface area contributed by atoms with Crippen molar-refractivity contribution >= 4 is 28.9 Å². The van der Waals surface area contributed by atoms with Crippen LogP contribution in [-0.4, -0.2) is 29.1 Å². The third-order valence-corrected chi connectivity index (χ3v) is 3.64. The minimum atomic E-state index is -0.812. The van der Waals surface area contributed by atoms with Gasteiger partial charge < -0.3 is 10.0 Å². The van der Waals surface area contributed by atoms with Gasteiger partial charge in [0.05, 0.1) is 10.8 Å². The average Bonchev–Trinajstić information content (AvgIpc) is 2.80. The van der Waals surface area contributed by atoms with E-state index in [1.54, 1.807) is 13.0 Å². The minimum absolute atomic E-state index is 0.0735. The number of nitro groups is 1. The molecule has 1 saturated heterocycles. The molecule has 7 heteroatoms. The van der Waals surface area contributed by atoms with Crippen LogP contribution in [0.3, 0.4) is 0 Å². The number of aryl methyl sites for hydroxylation is 1. The summed E-state index contributed by atoms with van der Waals surface area (Å²) in [6, 6.07) is 2.96. The van der Waals surface area contributed by atoms with E-state index in [2.05, 4.69) is 0 Å². The predicted octanol–water partition coefficient (Wildman–Crippen LogP) is 2.47. The molecular formula is C12H13ClN2O4. The molecule has 1 atom stereocenters. The SMILES string of the molecule is Cc1cc([N+](=O)[O-])c(Cl)cc1N1CCC(C(=O)O)C1. The Morgan fingerprint density at radius 3 is 2.79 bits per heavy atom. The summed E-state index contributed by atoms with van der Waals surface area (Å²) in [5.74, 6) is -1.21. The molecule has 0 saturated carbocycles. The number of nitro benzene ring substituents is 1. The first-order valence-corrected chi connectivity index (χ1v) is 6.20. The van der Waals surface area contributed by atoms with Crippen LogP contribution in [0.1, 0.15) is 12.0 Å². The topological polar surface area (TPSA) is 83.7 Å². The zero-order valence-electron chi connectivity index (χ0n) is 10.3. The Kier molecular flexibility index (Phi) is 3.61. The van der Waals surface area contributed by atoms with E-state index in [-0.39, 0.29) is 10.7 Å². The number of nitrogens with zero attached hydrogens (tertiary/aromatic N) is 2. The summed E-state index contributed by atoms with van der Waals surface area (Å²) in [5, 5.41) is 19.8. The summed E-state index contributed by atoms with van der Waals surface area (Å²) >= 11 is 5.89. The molecule has 2 rings (SSSR count). The molecule has 0 amide bonds. The first-order valence-electron chi connectivity index (χ1n) is 5.82.